The van der Waals surface area contributed by atoms with Gasteiger partial charge in [0.15, 0.2) is 6.29 Å². The van der Waals surface area contributed by atoms with E-state index in [0.29, 0.717) is 11.8 Å². The molecule has 0 saturated heterocycles. The van der Waals surface area contributed by atoms with Crippen LogP contribution in [0.2, 0.25) is 5.02 Å². The first kappa shape index (κ1) is 15.7. The molecule has 0 aliphatic heterocycles. The molecule has 112 valence electrons. The molecule has 0 amide bonds. The van der Waals surface area contributed by atoms with Gasteiger partial charge in [0.2, 0.25) is 0 Å². The number of carbonyl (C=O) groups is 1. The third kappa shape index (κ3) is 3.89. The van der Waals surface area contributed by atoms with Crippen molar-refractivity contribution in [1.82, 2.24) is 9.78 Å². The number of aldehydes is 1. The fourth-order valence-corrected chi connectivity index (χ4v) is 2.40. The van der Waals surface area contributed by atoms with Crippen molar-refractivity contribution in [1.29, 1.82) is 0 Å². The lowest BCUT2D eigenvalue weighted by molar-refractivity contribution is 0.112. The average Bonchev–Trinajstić information content (AvgIpc) is 2.82. The van der Waals surface area contributed by atoms with Crippen LogP contribution in [-0.2, 0) is 16.4 Å². The summed E-state index contributed by atoms with van der Waals surface area (Å²) in [5, 5.41) is 4.11. The Morgan fingerprint density at radius 3 is 2.71 bits per heavy atom. The Bertz CT molecular complexity index is 787. The van der Waals surface area contributed by atoms with E-state index in [4.69, 9.17) is 11.6 Å². The minimum Gasteiger partial charge on any atom is -0.298 e. The molecule has 0 N–H and O–H groups in total. The van der Waals surface area contributed by atoms with Gasteiger partial charge in [-0.15, -0.1) is 0 Å². The van der Waals surface area contributed by atoms with Crippen molar-refractivity contribution in [3.63, 3.8) is 0 Å². The van der Waals surface area contributed by atoms with Crippen LogP contribution in [0.1, 0.15) is 10.4 Å². The molecular formula is C13H12ClFN2O3S. The average molecular weight is 331 g/mol. The zero-order chi connectivity index (χ0) is 15.6. The first-order chi connectivity index (χ1) is 9.80. The first-order valence-electron chi connectivity index (χ1n) is 5.96. The topological polar surface area (TPSA) is 69.0 Å². The van der Waals surface area contributed by atoms with Gasteiger partial charge < -0.3 is 0 Å². The number of halogens is 2. The number of aryl methyl sites for hydroxylation is 1. The number of nitrogens with zero attached hydrogens (tertiary/aromatic N) is 2. The second kappa shape index (κ2) is 5.95. The normalized spacial score (nSPS) is 11.6. The van der Waals surface area contributed by atoms with E-state index >= 15 is 0 Å². The van der Waals surface area contributed by atoms with Crippen LogP contribution in [0.25, 0.3) is 11.3 Å². The highest BCUT2D eigenvalue weighted by molar-refractivity contribution is 7.90. The van der Waals surface area contributed by atoms with Crippen LogP contribution in [0.4, 0.5) is 4.39 Å². The lowest BCUT2D eigenvalue weighted by Crippen LogP contribution is -2.11. The summed E-state index contributed by atoms with van der Waals surface area (Å²) >= 11 is 5.61. The summed E-state index contributed by atoms with van der Waals surface area (Å²) in [5.74, 6) is -0.710. The maximum absolute atomic E-state index is 13.5. The van der Waals surface area contributed by atoms with Gasteiger partial charge in [0.1, 0.15) is 21.3 Å². The summed E-state index contributed by atoms with van der Waals surface area (Å²) in [7, 11) is -3.14. The molecule has 21 heavy (non-hydrogen) atoms. The zero-order valence-corrected chi connectivity index (χ0v) is 12.7. The predicted octanol–water partition coefficient (Wildman–Crippen LogP) is 2.20. The zero-order valence-electron chi connectivity index (χ0n) is 11.1. The molecule has 2 aromatic rings. The lowest BCUT2D eigenvalue weighted by atomic mass is 10.1. The molecule has 1 heterocycles. The number of rotatable bonds is 5. The smallest absolute Gasteiger partial charge is 0.153 e. The van der Waals surface area contributed by atoms with Crippen molar-refractivity contribution in [2.24, 2.45) is 0 Å². The minimum atomic E-state index is -3.14. The molecule has 0 saturated carbocycles. The van der Waals surface area contributed by atoms with Crippen LogP contribution in [0, 0.1) is 5.82 Å². The van der Waals surface area contributed by atoms with E-state index in [1.54, 1.807) is 6.07 Å². The van der Waals surface area contributed by atoms with Crippen LogP contribution in [0.15, 0.2) is 24.4 Å². The number of hydrogen-bond donors (Lipinski definition) is 0. The summed E-state index contributed by atoms with van der Waals surface area (Å²) in [5.41, 5.74) is 0.941. The van der Waals surface area contributed by atoms with Gasteiger partial charge in [-0.2, -0.15) is 5.10 Å². The van der Waals surface area contributed by atoms with Crippen LogP contribution < -0.4 is 0 Å². The van der Waals surface area contributed by atoms with Crippen molar-refractivity contribution in [3.8, 4) is 11.3 Å². The summed E-state index contributed by atoms with van der Waals surface area (Å²) in [6, 6.07) is 4.09. The van der Waals surface area contributed by atoms with Gasteiger partial charge in [-0.1, -0.05) is 17.7 Å². The van der Waals surface area contributed by atoms with Crippen LogP contribution in [0.3, 0.4) is 0 Å². The number of hydrogen-bond acceptors (Lipinski definition) is 4. The van der Waals surface area contributed by atoms with Gasteiger partial charge in [0, 0.05) is 18.0 Å². The highest BCUT2D eigenvalue weighted by atomic mass is 35.5. The Kier molecular flexibility index (Phi) is 4.43. The maximum Gasteiger partial charge on any atom is 0.153 e. The van der Waals surface area contributed by atoms with Crippen LogP contribution in [0.5, 0.6) is 0 Å². The summed E-state index contributed by atoms with van der Waals surface area (Å²) in [6.07, 6.45) is 3.14. The van der Waals surface area contributed by atoms with Gasteiger partial charge >= 0.3 is 0 Å². The van der Waals surface area contributed by atoms with Gasteiger partial charge in [-0.3, -0.25) is 9.48 Å². The number of benzene rings is 1. The van der Waals surface area contributed by atoms with E-state index < -0.39 is 15.7 Å². The molecule has 0 bridgehead atoms. The number of carbonyl (C=O) groups excluding carboxylic acids is 1. The van der Waals surface area contributed by atoms with Gasteiger partial charge in [0.25, 0.3) is 0 Å². The second-order valence-corrected chi connectivity index (χ2v) is 7.24. The van der Waals surface area contributed by atoms with E-state index in [-0.39, 0.29) is 28.6 Å². The highest BCUT2D eigenvalue weighted by Crippen LogP contribution is 2.25. The molecule has 8 heteroatoms. The fraction of sp³-hybridized carbons (Fsp3) is 0.231. The van der Waals surface area contributed by atoms with Crippen LogP contribution >= 0.6 is 11.6 Å². The standard InChI is InChI=1S/C13H12ClFN2O3S/c1-21(19,20)5-4-17-7-10(8-18)13(16-17)9-2-3-11(14)12(15)6-9/h2-3,6-8H,4-5H2,1H3. The molecule has 0 aliphatic rings. The summed E-state index contributed by atoms with van der Waals surface area (Å²) in [6.45, 7) is 0.121. The Morgan fingerprint density at radius 2 is 2.14 bits per heavy atom. The lowest BCUT2D eigenvalue weighted by Gasteiger charge is -2.01. The fourth-order valence-electron chi connectivity index (χ4n) is 1.76. The molecule has 5 nitrogen and oxygen atoms in total. The van der Waals surface area contributed by atoms with Gasteiger partial charge in [-0.05, 0) is 12.1 Å². The SMILES string of the molecule is CS(=O)(=O)CCn1cc(C=O)c(-c2ccc(Cl)c(F)c2)n1. The second-order valence-electron chi connectivity index (χ2n) is 4.57. The molecule has 0 atom stereocenters. The molecule has 0 radical (unpaired) electrons. The quantitative estimate of drug-likeness (QED) is 0.788. The van der Waals surface area contributed by atoms with Gasteiger partial charge in [-0.25, -0.2) is 12.8 Å². The molecule has 0 aliphatic carbocycles. The van der Waals surface area contributed by atoms with Crippen LogP contribution in [-0.4, -0.2) is 36.5 Å². The molecule has 1 aromatic carbocycles. The molecule has 0 spiro atoms. The minimum absolute atomic E-state index is 0.0251. The molecule has 0 fully saturated rings. The summed E-state index contributed by atoms with van der Waals surface area (Å²) < 4.78 is 37.1. The maximum atomic E-state index is 13.5. The third-order valence-electron chi connectivity index (χ3n) is 2.80. The number of sulfone groups is 1. The van der Waals surface area contributed by atoms with Crippen molar-refractivity contribution in [2.45, 2.75) is 6.54 Å². The molecule has 1 aromatic heterocycles. The highest BCUT2D eigenvalue weighted by Gasteiger charge is 2.13. The Labute approximate surface area is 126 Å². The number of aromatic nitrogens is 2. The Morgan fingerprint density at radius 1 is 1.43 bits per heavy atom. The van der Waals surface area contributed by atoms with E-state index in [9.17, 15) is 17.6 Å². The monoisotopic (exact) mass is 330 g/mol. The molecule has 0 unspecified atom stereocenters. The molecular weight excluding hydrogens is 319 g/mol. The van der Waals surface area contributed by atoms with Crippen molar-refractivity contribution in [3.05, 3.63) is 40.8 Å². The predicted molar refractivity (Wildman–Crippen MR) is 77.7 cm³/mol. The third-order valence-corrected chi connectivity index (χ3v) is 4.03. The first-order valence-corrected chi connectivity index (χ1v) is 8.40. The Balaban J connectivity index is 2.37. The van der Waals surface area contributed by atoms with E-state index in [1.807, 2.05) is 0 Å². The van der Waals surface area contributed by atoms with E-state index in [2.05, 4.69) is 5.10 Å². The van der Waals surface area contributed by atoms with Crippen molar-refractivity contribution < 1.29 is 17.6 Å². The van der Waals surface area contributed by atoms with E-state index in [0.717, 1.165) is 6.26 Å². The largest absolute Gasteiger partial charge is 0.298 e. The Hall–Kier alpha value is -1.73. The van der Waals surface area contributed by atoms with E-state index in [1.165, 1.54) is 23.0 Å². The van der Waals surface area contributed by atoms with Crippen molar-refractivity contribution in [2.75, 3.05) is 12.0 Å². The van der Waals surface area contributed by atoms with Gasteiger partial charge in [0.05, 0.1) is 22.9 Å². The van der Waals surface area contributed by atoms with Crippen molar-refractivity contribution >= 4 is 27.7 Å². The summed E-state index contributed by atoms with van der Waals surface area (Å²) in [4.78, 5) is 11.1. The molecule has 2 rings (SSSR count).